The summed E-state index contributed by atoms with van der Waals surface area (Å²) in [5.41, 5.74) is 1.26. The first kappa shape index (κ1) is 19.4. The summed E-state index contributed by atoms with van der Waals surface area (Å²) in [6, 6.07) is 19.5. The lowest BCUT2D eigenvalue weighted by atomic mass is 9.75. The second-order valence-corrected chi connectivity index (χ2v) is 9.84. The molecule has 0 saturated carbocycles. The molecule has 5 nitrogen and oxygen atoms in total. The standard InChI is InChI=1S/C22H29N3O2S/c1-24(20-8-4-2-5-9-20)16-19-17-25-13-12-18(19)14-21(25)15-23-28(26,27)22-10-6-3-7-11-22/h2-11,18-19,21,23H,12-17H2,1H3/t18-,19+,21+/m0/s1. The number of nitrogens with zero attached hydrogens (tertiary/aromatic N) is 2. The van der Waals surface area contributed by atoms with Crippen LogP contribution in [0.15, 0.2) is 65.6 Å². The Morgan fingerprint density at radius 2 is 1.75 bits per heavy atom. The van der Waals surface area contributed by atoms with E-state index in [9.17, 15) is 8.42 Å². The van der Waals surface area contributed by atoms with Gasteiger partial charge in [-0.1, -0.05) is 36.4 Å². The van der Waals surface area contributed by atoms with Gasteiger partial charge < -0.3 is 4.90 Å². The van der Waals surface area contributed by atoms with Crippen molar-refractivity contribution < 1.29 is 8.42 Å². The number of benzene rings is 2. The largest absolute Gasteiger partial charge is 0.374 e. The van der Waals surface area contributed by atoms with Crippen LogP contribution in [-0.2, 0) is 10.0 Å². The molecule has 1 unspecified atom stereocenters. The summed E-state index contributed by atoms with van der Waals surface area (Å²) in [7, 11) is -1.26. The van der Waals surface area contributed by atoms with E-state index in [1.165, 1.54) is 12.1 Å². The van der Waals surface area contributed by atoms with Crippen molar-refractivity contribution in [3.63, 3.8) is 0 Å². The Kier molecular flexibility index (Phi) is 5.71. The molecule has 6 heteroatoms. The van der Waals surface area contributed by atoms with Gasteiger partial charge >= 0.3 is 0 Å². The summed E-state index contributed by atoms with van der Waals surface area (Å²) in [6.07, 6.45) is 2.29. The van der Waals surface area contributed by atoms with Gasteiger partial charge in [-0.2, -0.15) is 0 Å². The summed E-state index contributed by atoms with van der Waals surface area (Å²) in [4.78, 5) is 5.17. The molecule has 3 aliphatic heterocycles. The van der Waals surface area contributed by atoms with Crippen LogP contribution in [-0.4, -0.2) is 52.6 Å². The Bertz CT molecular complexity index is 873. The van der Waals surface area contributed by atoms with Gasteiger partial charge in [-0.15, -0.1) is 0 Å². The lowest BCUT2D eigenvalue weighted by molar-refractivity contribution is 0.00693. The molecule has 28 heavy (non-hydrogen) atoms. The number of piperidine rings is 3. The lowest BCUT2D eigenvalue weighted by Crippen LogP contribution is -2.58. The van der Waals surface area contributed by atoms with E-state index in [-0.39, 0.29) is 0 Å². The van der Waals surface area contributed by atoms with Crippen molar-refractivity contribution in [3.8, 4) is 0 Å². The van der Waals surface area contributed by atoms with Gasteiger partial charge in [0.2, 0.25) is 10.0 Å². The Hall–Kier alpha value is -1.89. The molecular weight excluding hydrogens is 370 g/mol. The van der Waals surface area contributed by atoms with Crippen LogP contribution in [0.4, 0.5) is 5.69 Å². The van der Waals surface area contributed by atoms with Crippen molar-refractivity contribution in [1.29, 1.82) is 0 Å². The van der Waals surface area contributed by atoms with Gasteiger partial charge in [0.25, 0.3) is 0 Å². The maximum absolute atomic E-state index is 12.5. The molecule has 1 N–H and O–H groups in total. The fourth-order valence-electron chi connectivity index (χ4n) is 4.70. The average Bonchev–Trinajstić information content (AvgIpc) is 2.74. The molecule has 0 aromatic heterocycles. The first-order chi connectivity index (χ1) is 13.5. The average molecular weight is 400 g/mol. The van der Waals surface area contributed by atoms with E-state index < -0.39 is 10.0 Å². The number of hydrogen-bond donors (Lipinski definition) is 1. The van der Waals surface area contributed by atoms with Gasteiger partial charge in [0, 0.05) is 38.4 Å². The maximum atomic E-state index is 12.5. The van der Waals surface area contributed by atoms with E-state index in [1.54, 1.807) is 24.3 Å². The quantitative estimate of drug-likeness (QED) is 0.778. The van der Waals surface area contributed by atoms with Crippen LogP contribution in [0.25, 0.3) is 0 Å². The molecule has 2 aromatic carbocycles. The van der Waals surface area contributed by atoms with E-state index in [2.05, 4.69) is 45.8 Å². The van der Waals surface area contributed by atoms with Crippen molar-refractivity contribution in [2.45, 2.75) is 23.8 Å². The van der Waals surface area contributed by atoms with Gasteiger partial charge in [0.15, 0.2) is 0 Å². The number of para-hydroxylation sites is 1. The first-order valence-corrected chi connectivity index (χ1v) is 11.6. The zero-order chi connectivity index (χ0) is 19.6. The third-order valence-electron chi connectivity index (χ3n) is 6.28. The highest BCUT2D eigenvalue weighted by atomic mass is 32.2. The number of anilines is 1. The predicted octanol–water partition coefficient (Wildman–Crippen LogP) is 2.81. The van der Waals surface area contributed by atoms with Gasteiger partial charge in [0.05, 0.1) is 4.90 Å². The zero-order valence-electron chi connectivity index (χ0n) is 16.4. The molecule has 0 amide bonds. The van der Waals surface area contributed by atoms with Crippen molar-refractivity contribution in [2.75, 3.05) is 38.1 Å². The third-order valence-corrected chi connectivity index (χ3v) is 7.72. The molecule has 4 atom stereocenters. The van der Waals surface area contributed by atoms with E-state index in [0.717, 1.165) is 26.1 Å². The second-order valence-electron chi connectivity index (χ2n) is 8.07. The minimum atomic E-state index is -3.43. The minimum absolute atomic E-state index is 0.301. The number of rotatable bonds is 7. The molecule has 2 bridgehead atoms. The van der Waals surface area contributed by atoms with E-state index in [1.807, 2.05) is 12.1 Å². The Morgan fingerprint density at radius 3 is 2.39 bits per heavy atom. The van der Waals surface area contributed by atoms with Gasteiger partial charge in [-0.05, 0) is 55.5 Å². The topological polar surface area (TPSA) is 52.6 Å². The van der Waals surface area contributed by atoms with Crippen LogP contribution in [0.2, 0.25) is 0 Å². The van der Waals surface area contributed by atoms with Crippen LogP contribution >= 0.6 is 0 Å². The molecule has 0 radical (unpaired) electrons. The molecule has 0 aliphatic carbocycles. The van der Waals surface area contributed by atoms with Crippen molar-refractivity contribution in [3.05, 3.63) is 60.7 Å². The molecule has 2 aromatic rings. The Labute approximate surface area is 168 Å². The minimum Gasteiger partial charge on any atom is -0.374 e. The van der Waals surface area contributed by atoms with Gasteiger partial charge in [-0.25, -0.2) is 13.1 Å². The normalized spacial score (nSPS) is 26.9. The lowest BCUT2D eigenvalue weighted by Gasteiger charge is -2.50. The highest BCUT2D eigenvalue weighted by Gasteiger charge is 2.40. The van der Waals surface area contributed by atoms with Crippen molar-refractivity contribution in [2.24, 2.45) is 11.8 Å². The summed E-state index contributed by atoms with van der Waals surface area (Å²) < 4.78 is 27.9. The molecule has 3 heterocycles. The van der Waals surface area contributed by atoms with Crippen LogP contribution in [0, 0.1) is 11.8 Å². The Balaban J connectivity index is 1.34. The number of fused-ring (bicyclic) bond motifs is 3. The summed E-state index contributed by atoms with van der Waals surface area (Å²) >= 11 is 0. The predicted molar refractivity (Wildman–Crippen MR) is 113 cm³/mol. The summed E-state index contributed by atoms with van der Waals surface area (Å²) in [6.45, 7) is 3.68. The molecule has 5 rings (SSSR count). The van der Waals surface area contributed by atoms with Gasteiger partial charge in [0.1, 0.15) is 0 Å². The monoisotopic (exact) mass is 399 g/mol. The highest BCUT2D eigenvalue weighted by molar-refractivity contribution is 7.89. The van der Waals surface area contributed by atoms with Crippen LogP contribution in [0.3, 0.4) is 0 Å². The van der Waals surface area contributed by atoms with Crippen molar-refractivity contribution >= 4 is 15.7 Å². The van der Waals surface area contributed by atoms with Crippen molar-refractivity contribution in [1.82, 2.24) is 9.62 Å². The SMILES string of the molecule is CN(C[C@@H]1CN2CC[C@H]1C[C@@H]2CNS(=O)(=O)c1ccccc1)c1ccccc1. The van der Waals surface area contributed by atoms with E-state index in [4.69, 9.17) is 0 Å². The van der Waals surface area contributed by atoms with Crippen LogP contribution in [0.1, 0.15) is 12.8 Å². The van der Waals surface area contributed by atoms with Crippen LogP contribution in [0.5, 0.6) is 0 Å². The fraction of sp³-hybridized carbons (Fsp3) is 0.455. The summed E-state index contributed by atoms with van der Waals surface area (Å²) in [5, 5.41) is 0. The van der Waals surface area contributed by atoms with Crippen LogP contribution < -0.4 is 9.62 Å². The van der Waals surface area contributed by atoms with Gasteiger partial charge in [-0.3, -0.25) is 4.90 Å². The molecule has 150 valence electrons. The fourth-order valence-corrected chi connectivity index (χ4v) is 5.79. The molecule has 3 saturated heterocycles. The third kappa shape index (κ3) is 4.24. The first-order valence-electron chi connectivity index (χ1n) is 10.1. The number of nitrogens with one attached hydrogen (secondary N) is 1. The summed E-state index contributed by atoms with van der Waals surface area (Å²) in [5.74, 6) is 1.31. The molecule has 0 spiro atoms. The van der Waals surface area contributed by atoms with E-state index in [0.29, 0.717) is 29.3 Å². The molecule has 3 aliphatic rings. The van der Waals surface area contributed by atoms with E-state index >= 15 is 0 Å². The maximum Gasteiger partial charge on any atom is 0.240 e. The molecular formula is C22H29N3O2S. The highest BCUT2D eigenvalue weighted by Crippen LogP contribution is 2.37. The number of sulfonamides is 1. The second kappa shape index (κ2) is 8.23. The molecule has 3 fully saturated rings. The Morgan fingerprint density at radius 1 is 1.07 bits per heavy atom. The zero-order valence-corrected chi connectivity index (χ0v) is 17.2. The smallest absolute Gasteiger partial charge is 0.240 e. The number of hydrogen-bond acceptors (Lipinski definition) is 4.